The molecule has 2 heterocycles. The number of rotatable bonds is 8. The van der Waals surface area contributed by atoms with Crippen molar-refractivity contribution >= 4 is 29.9 Å². The first-order chi connectivity index (χ1) is 14.8. The van der Waals surface area contributed by atoms with Crippen molar-refractivity contribution in [3.63, 3.8) is 0 Å². The van der Waals surface area contributed by atoms with Crippen LogP contribution in [-0.4, -0.2) is 33.7 Å². The van der Waals surface area contributed by atoms with Crippen LogP contribution in [0, 0.1) is 20.8 Å². The van der Waals surface area contributed by atoms with Crippen LogP contribution in [0.4, 0.5) is 0 Å². The number of aliphatic hydroxyl groups is 1. The van der Waals surface area contributed by atoms with Crippen LogP contribution in [0.2, 0.25) is 0 Å². The van der Waals surface area contributed by atoms with Crippen molar-refractivity contribution in [3.05, 3.63) is 76.8 Å². The van der Waals surface area contributed by atoms with Gasteiger partial charge in [0.1, 0.15) is 22.9 Å². The maximum absolute atomic E-state index is 11.0. The monoisotopic (exact) mass is 551 g/mol. The third-order valence-electron chi connectivity index (χ3n) is 5.25. The van der Waals surface area contributed by atoms with Crippen molar-refractivity contribution in [2.24, 2.45) is 4.99 Å². The van der Waals surface area contributed by atoms with Gasteiger partial charge in [-0.05, 0) is 51.8 Å². The summed E-state index contributed by atoms with van der Waals surface area (Å²) in [6.45, 7) is 11.9. The highest BCUT2D eigenvalue weighted by atomic mass is 127. The van der Waals surface area contributed by atoms with Crippen molar-refractivity contribution in [2.45, 2.75) is 53.3 Å². The molecule has 1 atom stereocenters. The third-order valence-corrected chi connectivity index (χ3v) is 5.25. The molecule has 0 aliphatic carbocycles. The molecule has 0 aliphatic rings. The molecule has 0 spiro atoms. The molecule has 174 valence electrons. The largest absolute Gasteiger partial charge is 0.466 e. The van der Waals surface area contributed by atoms with E-state index in [1.165, 1.54) is 5.56 Å². The van der Waals surface area contributed by atoms with Gasteiger partial charge < -0.3 is 24.7 Å². The van der Waals surface area contributed by atoms with Crippen LogP contribution in [0.25, 0.3) is 0 Å². The molecule has 0 bridgehead atoms. The van der Waals surface area contributed by atoms with Gasteiger partial charge >= 0.3 is 0 Å². The van der Waals surface area contributed by atoms with E-state index in [0.717, 1.165) is 41.6 Å². The highest BCUT2D eigenvalue weighted by molar-refractivity contribution is 14.0. The summed E-state index contributed by atoms with van der Waals surface area (Å²) in [4.78, 5) is 8.99. The van der Waals surface area contributed by atoms with Crippen molar-refractivity contribution in [3.8, 4) is 0 Å². The molecular formula is C24H34IN5O2. The second-order valence-electron chi connectivity index (χ2n) is 8.07. The Bertz CT molecular complexity index is 1040. The second-order valence-corrected chi connectivity index (χ2v) is 8.07. The average Bonchev–Trinajstić information content (AvgIpc) is 3.29. The summed E-state index contributed by atoms with van der Waals surface area (Å²) in [6.07, 6.45) is 3.81. The molecule has 0 radical (unpaired) electrons. The number of furan rings is 1. The number of hydrogen-bond donors (Lipinski definition) is 3. The van der Waals surface area contributed by atoms with Gasteiger partial charge in [0.25, 0.3) is 0 Å². The van der Waals surface area contributed by atoms with Gasteiger partial charge in [0.2, 0.25) is 0 Å². The molecule has 0 saturated heterocycles. The van der Waals surface area contributed by atoms with E-state index < -0.39 is 5.60 Å². The quantitative estimate of drug-likeness (QED) is 0.224. The molecule has 2 aromatic heterocycles. The zero-order valence-electron chi connectivity index (χ0n) is 19.5. The minimum Gasteiger partial charge on any atom is -0.466 e. The van der Waals surface area contributed by atoms with Crippen molar-refractivity contribution < 1.29 is 9.52 Å². The molecule has 3 N–H and O–H groups in total. The average molecular weight is 551 g/mol. The van der Waals surface area contributed by atoms with Crippen LogP contribution in [-0.2, 0) is 18.7 Å². The molecule has 0 saturated carbocycles. The molecule has 0 aliphatic heterocycles. The minimum absolute atomic E-state index is 0. The van der Waals surface area contributed by atoms with E-state index in [1.807, 2.05) is 46.2 Å². The fourth-order valence-electron chi connectivity index (χ4n) is 3.62. The lowest BCUT2D eigenvalue weighted by atomic mass is 9.96. The Balaban J connectivity index is 0.00000363. The number of nitrogens with zero attached hydrogens (tertiary/aromatic N) is 3. The van der Waals surface area contributed by atoms with E-state index >= 15 is 0 Å². The normalized spacial score (nSPS) is 13.4. The second kappa shape index (κ2) is 11.5. The summed E-state index contributed by atoms with van der Waals surface area (Å²) >= 11 is 0. The number of nitrogens with one attached hydrogen (secondary N) is 2. The molecular weight excluding hydrogens is 517 g/mol. The van der Waals surface area contributed by atoms with Gasteiger partial charge in [0.05, 0.1) is 13.1 Å². The van der Waals surface area contributed by atoms with Gasteiger partial charge in [-0.15, -0.1) is 24.0 Å². The smallest absolute Gasteiger partial charge is 0.191 e. The topological polar surface area (TPSA) is 87.6 Å². The predicted molar refractivity (Wildman–Crippen MR) is 138 cm³/mol. The fraction of sp³-hybridized carbons (Fsp3) is 0.417. The molecule has 0 amide bonds. The van der Waals surface area contributed by atoms with Crippen molar-refractivity contribution in [2.75, 3.05) is 13.1 Å². The minimum atomic E-state index is -1.07. The molecule has 3 rings (SSSR count). The Morgan fingerprint density at radius 3 is 2.56 bits per heavy atom. The van der Waals surface area contributed by atoms with Crippen molar-refractivity contribution in [1.29, 1.82) is 0 Å². The van der Waals surface area contributed by atoms with E-state index in [0.29, 0.717) is 19.0 Å². The predicted octanol–water partition coefficient (Wildman–Crippen LogP) is 4.03. The van der Waals surface area contributed by atoms with E-state index in [9.17, 15) is 5.11 Å². The summed E-state index contributed by atoms with van der Waals surface area (Å²) in [5, 5.41) is 17.5. The first-order valence-electron chi connectivity index (χ1n) is 10.7. The Morgan fingerprint density at radius 1 is 1.19 bits per heavy atom. The maximum atomic E-state index is 11.0. The number of aryl methyl sites for hydroxylation is 3. The molecule has 0 fully saturated rings. The number of hydrogen-bond acceptors (Lipinski definition) is 4. The number of benzene rings is 1. The van der Waals surface area contributed by atoms with Gasteiger partial charge in [0, 0.05) is 31.0 Å². The van der Waals surface area contributed by atoms with Crippen LogP contribution in [0.3, 0.4) is 0 Å². The van der Waals surface area contributed by atoms with Gasteiger partial charge in [-0.1, -0.05) is 24.3 Å². The summed E-state index contributed by atoms with van der Waals surface area (Å²) < 4.78 is 7.70. The molecule has 8 heteroatoms. The number of aliphatic imine (C=N–C) groups is 1. The summed E-state index contributed by atoms with van der Waals surface area (Å²) in [6, 6.07) is 10.3. The van der Waals surface area contributed by atoms with Crippen LogP contribution in [0.15, 0.2) is 52.1 Å². The standard InChI is InChI=1S/C24H33N5O2.HI/c1-6-25-23(28-16-24(5,30)22-12-17(2)31-18(22)3)27-14-20-8-7-9-21(13-20)15-29-11-10-26-19(29)4;/h7-13,30H,6,14-16H2,1-5H3,(H2,25,27,28);1H. The molecule has 1 aromatic carbocycles. The van der Waals surface area contributed by atoms with Gasteiger partial charge in [0.15, 0.2) is 5.96 Å². The number of halogens is 1. The highest BCUT2D eigenvalue weighted by Gasteiger charge is 2.27. The Hall–Kier alpha value is -2.33. The lowest BCUT2D eigenvalue weighted by Gasteiger charge is -2.24. The molecule has 1 unspecified atom stereocenters. The zero-order chi connectivity index (χ0) is 22.4. The first-order valence-corrected chi connectivity index (χ1v) is 10.7. The number of aromatic nitrogens is 2. The van der Waals surface area contributed by atoms with Gasteiger partial charge in [-0.2, -0.15) is 0 Å². The number of guanidine groups is 1. The Kier molecular flexibility index (Phi) is 9.33. The van der Waals surface area contributed by atoms with Gasteiger partial charge in [-0.3, -0.25) is 0 Å². The Morgan fingerprint density at radius 2 is 1.94 bits per heavy atom. The first kappa shape index (κ1) is 25.9. The molecule has 32 heavy (non-hydrogen) atoms. The van der Waals surface area contributed by atoms with Crippen LogP contribution >= 0.6 is 24.0 Å². The SMILES string of the molecule is CCNC(=NCc1cccc(Cn2ccnc2C)c1)NCC(C)(O)c1cc(C)oc1C.I. The van der Waals surface area contributed by atoms with Gasteiger partial charge in [-0.25, -0.2) is 9.98 Å². The van der Waals surface area contributed by atoms with E-state index in [-0.39, 0.29) is 24.0 Å². The van der Waals surface area contributed by atoms with E-state index in [2.05, 4.69) is 44.5 Å². The summed E-state index contributed by atoms with van der Waals surface area (Å²) in [7, 11) is 0. The van der Waals surface area contributed by atoms with Crippen LogP contribution < -0.4 is 10.6 Å². The van der Waals surface area contributed by atoms with Crippen molar-refractivity contribution in [1.82, 2.24) is 20.2 Å². The fourth-order valence-corrected chi connectivity index (χ4v) is 3.62. The lowest BCUT2D eigenvalue weighted by Crippen LogP contribution is -2.44. The molecule has 7 nitrogen and oxygen atoms in total. The summed E-state index contributed by atoms with van der Waals surface area (Å²) in [5.41, 5.74) is 2.05. The van der Waals surface area contributed by atoms with E-state index in [1.54, 1.807) is 6.92 Å². The zero-order valence-corrected chi connectivity index (χ0v) is 21.8. The third kappa shape index (κ3) is 6.83. The highest BCUT2D eigenvalue weighted by Crippen LogP contribution is 2.26. The summed E-state index contributed by atoms with van der Waals surface area (Å²) in [5.74, 6) is 3.18. The molecule has 3 aromatic rings. The van der Waals surface area contributed by atoms with E-state index in [4.69, 9.17) is 9.41 Å². The lowest BCUT2D eigenvalue weighted by molar-refractivity contribution is 0.0601. The van der Waals surface area contributed by atoms with Crippen LogP contribution in [0.5, 0.6) is 0 Å². The Labute approximate surface area is 207 Å². The number of imidazole rings is 1. The maximum Gasteiger partial charge on any atom is 0.191 e. The van der Waals surface area contributed by atoms with Crippen LogP contribution in [0.1, 0.15) is 47.9 Å².